The second kappa shape index (κ2) is 7.37. The van der Waals surface area contributed by atoms with E-state index in [9.17, 15) is 9.90 Å². The Kier molecular flexibility index (Phi) is 5.72. The van der Waals surface area contributed by atoms with Crippen molar-refractivity contribution in [2.24, 2.45) is 11.8 Å². The lowest BCUT2D eigenvalue weighted by Crippen LogP contribution is -2.49. The lowest BCUT2D eigenvalue weighted by atomic mass is 9.68. The molecule has 1 fully saturated rings. The van der Waals surface area contributed by atoms with Crippen molar-refractivity contribution >= 4 is 5.91 Å². The summed E-state index contributed by atoms with van der Waals surface area (Å²) < 4.78 is 0. The fraction of sp³-hybridized carbons (Fsp3) is 0.650. The molecule has 0 bridgehead atoms. The summed E-state index contributed by atoms with van der Waals surface area (Å²) in [5, 5.41) is 9.76. The third-order valence-electron chi connectivity index (χ3n) is 5.51. The molecule has 3 heteroatoms. The third-order valence-corrected chi connectivity index (χ3v) is 5.51. The Bertz CT molecular complexity index is 540. The highest BCUT2D eigenvalue weighted by molar-refractivity contribution is 5.76. The van der Waals surface area contributed by atoms with Gasteiger partial charge in [0, 0.05) is 19.5 Å². The van der Waals surface area contributed by atoms with Crippen LogP contribution in [0.5, 0.6) is 5.75 Å². The van der Waals surface area contributed by atoms with Gasteiger partial charge in [-0.3, -0.25) is 4.79 Å². The molecule has 2 atom stereocenters. The number of hydrogen-bond acceptors (Lipinski definition) is 2. The lowest BCUT2D eigenvalue weighted by molar-refractivity contribution is -0.134. The van der Waals surface area contributed by atoms with Crippen molar-refractivity contribution in [3.8, 4) is 5.75 Å². The van der Waals surface area contributed by atoms with E-state index in [1.54, 1.807) is 6.07 Å². The van der Waals surface area contributed by atoms with Gasteiger partial charge in [-0.15, -0.1) is 0 Å². The maximum absolute atomic E-state index is 12.4. The van der Waals surface area contributed by atoms with E-state index in [-0.39, 0.29) is 5.41 Å². The van der Waals surface area contributed by atoms with Crippen LogP contribution in [0.4, 0.5) is 0 Å². The first-order valence-electron chi connectivity index (χ1n) is 8.90. The van der Waals surface area contributed by atoms with Crippen molar-refractivity contribution in [2.45, 2.75) is 58.8 Å². The quantitative estimate of drug-likeness (QED) is 0.877. The molecule has 1 aliphatic rings. The maximum atomic E-state index is 12.4. The molecule has 3 nitrogen and oxygen atoms in total. The van der Waals surface area contributed by atoms with Gasteiger partial charge >= 0.3 is 0 Å². The molecule has 1 aliphatic heterocycles. The summed E-state index contributed by atoms with van der Waals surface area (Å²) in [5.74, 6) is 1.67. The maximum Gasteiger partial charge on any atom is 0.222 e. The van der Waals surface area contributed by atoms with E-state index >= 15 is 0 Å². The van der Waals surface area contributed by atoms with Gasteiger partial charge < -0.3 is 10.0 Å². The van der Waals surface area contributed by atoms with Gasteiger partial charge in [0.05, 0.1) is 0 Å². The van der Waals surface area contributed by atoms with Crippen LogP contribution < -0.4 is 0 Å². The van der Waals surface area contributed by atoms with Gasteiger partial charge in [0.2, 0.25) is 5.91 Å². The van der Waals surface area contributed by atoms with Gasteiger partial charge in [0.1, 0.15) is 5.75 Å². The zero-order valence-electron chi connectivity index (χ0n) is 15.0. The molecule has 2 rings (SSSR count). The molecule has 1 saturated heterocycles. The number of benzene rings is 1. The lowest BCUT2D eigenvalue weighted by Gasteiger charge is -2.45. The predicted molar refractivity (Wildman–Crippen MR) is 94.5 cm³/mol. The van der Waals surface area contributed by atoms with Crippen LogP contribution in [0.15, 0.2) is 24.3 Å². The topological polar surface area (TPSA) is 40.5 Å². The summed E-state index contributed by atoms with van der Waals surface area (Å²) in [6.45, 7) is 10.5. The summed E-state index contributed by atoms with van der Waals surface area (Å²) in [5.41, 5.74) is 1.20. The first kappa shape index (κ1) is 17.8. The molecular weight excluding hydrogens is 286 g/mol. The van der Waals surface area contributed by atoms with Crippen LogP contribution in [0.3, 0.4) is 0 Å². The average Bonchev–Trinajstić information content (AvgIpc) is 2.49. The number of phenolic OH excluding ortho intramolecular Hbond substituents is 1. The number of amides is 1. The number of rotatable bonds is 5. The van der Waals surface area contributed by atoms with Crippen LogP contribution in [0, 0.1) is 11.8 Å². The van der Waals surface area contributed by atoms with E-state index in [0.29, 0.717) is 29.9 Å². The Labute approximate surface area is 140 Å². The standard InChI is InChI=1S/C20H31NO2/c1-15(2)7-5-10-19(23)21-12-11-20(4,16(3)14-21)17-8-6-9-18(22)13-17/h6,8-9,13,15-16,22H,5,7,10-12,14H2,1-4H3/t16-,20+/m0/s1. The van der Waals surface area contributed by atoms with Crippen LogP contribution in [0.2, 0.25) is 0 Å². The minimum Gasteiger partial charge on any atom is -0.508 e. The largest absolute Gasteiger partial charge is 0.508 e. The molecule has 1 aromatic rings. The van der Waals surface area contributed by atoms with Gasteiger partial charge in [-0.2, -0.15) is 0 Å². The van der Waals surface area contributed by atoms with Gasteiger partial charge in [-0.25, -0.2) is 0 Å². The van der Waals surface area contributed by atoms with Gasteiger partial charge in [0.25, 0.3) is 0 Å². The number of phenols is 1. The molecule has 0 aliphatic carbocycles. The molecule has 0 spiro atoms. The normalized spacial score (nSPS) is 24.9. The van der Waals surface area contributed by atoms with Crippen molar-refractivity contribution in [1.29, 1.82) is 0 Å². The molecular formula is C20H31NO2. The zero-order chi connectivity index (χ0) is 17.0. The third kappa shape index (κ3) is 4.27. The Morgan fingerprint density at radius 3 is 2.78 bits per heavy atom. The number of likely N-dealkylation sites (tertiary alicyclic amines) is 1. The summed E-state index contributed by atoms with van der Waals surface area (Å²) in [6.07, 6.45) is 3.74. The zero-order valence-corrected chi connectivity index (χ0v) is 15.0. The fourth-order valence-electron chi connectivity index (χ4n) is 3.57. The number of carbonyl (C=O) groups is 1. The number of aromatic hydroxyl groups is 1. The van der Waals surface area contributed by atoms with E-state index < -0.39 is 0 Å². The van der Waals surface area contributed by atoms with Gasteiger partial charge in [0.15, 0.2) is 0 Å². The Hall–Kier alpha value is -1.51. The molecule has 1 amide bonds. The van der Waals surface area contributed by atoms with Crippen molar-refractivity contribution in [1.82, 2.24) is 4.90 Å². The second-order valence-corrected chi connectivity index (χ2v) is 7.74. The van der Waals surface area contributed by atoms with Crippen LogP contribution in [0.25, 0.3) is 0 Å². The molecule has 0 aromatic heterocycles. The van der Waals surface area contributed by atoms with Crippen molar-refractivity contribution < 1.29 is 9.90 Å². The van der Waals surface area contributed by atoms with Crippen molar-refractivity contribution in [2.75, 3.05) is 13.1 Å². The van der Waals surface area contributed by atoms with E-state index in [1.165, 1.54) is 5.56 Å². The van der Waals surface area contributed by atoms with Gasteiger partial charge in [-0.1, -0.05) is 46.2 Å². The minimum absolute atomic E-state index is 0.0213. The molecule has 1 aromatic carbocycles. The summed E-state index contributed by atoms with van der Waals surface area (Å²) in [7, 11) is 0. The Morgan fingerprint density at radius 2 is 2.17 bits per heavy atom. The van der Waals surface area contributed by atoms with Gasteiger partial charge in [-0.05, 0) is 47.8 Å². The van der Waals surface area contributed by atoms with Crippen molar-refractivity contribution in [3.05, 3.63) is 29.8 Å². The number of hydrogen-bond donors (Lipinski definition) is 1. The smallest absolute Gasteiger partial charge is 0.222 e. The number of piperidine rings is 1. The fourth-order valence-corrected chi connectivity index (χ4v) is 3.57. The minimum atomic E-state index is 0.0213. The molecule has 1 N–H and O–H groups in total. The highest BCUT2D eigenvalue weighted by Crippen LogP contribution is 2.40. The van der Waals surface area contributed by atoms with Crippen LogP contribution >= 0.6 is 0 Å². The summed E-state index contributed by atoms with van der Waals surface area (Å²) >= 11 is 0. The predicted octanol–water partition coefficient (Wildman–Crippen LogP) is 4.34. The van der Waals surface area contributed by atoms with Crippen LogP contribution in [-0.2, 0) is 10.2 Å². The highest BCUT2D eigenvalue weighted by Gasteiger charge is 2.39. The molecule has 0 radical (unpaired) electrons. The summed E-state index contributed by atoms with van der Waals surface area (Å²) in [4.78, 5) is 14.4. The van der Waals surface area contributed by atoms with E-state index in [4.69, 9.17) is 0 Å². The van der Waals surface area contributed by atoms with Crippen LogP contribution in [-0.4, -0.2) is 29.0 Å². The summed E-state index contributed by atoms with van der Waals surface area (Å²) in [6, 6.07) is 7.59. The van der Waals surface area contributed by atoms with Crippen LogP contribution in [0.1, 0.15) is 58.9 Å². The number of nitrogens with zero attached hydrogens (tertiary/aromatic N) is 1. The van der Waals surface area contributed by atoms with E-state index in [0.717, 1.165) is 32.4 Å². The Balaban J connectivity index is 1.98. The first-order valence-corrected chi connectivity index (χ1v) is 8.90. The van der Waals surface area contributed by atoms with E-state index in [2.05, 4.69) is 33.8 Å². The average molecular weight is 317 g/mol. The molecule has 1 heterocycles. The SMILES string of the molecule is CC(C)CCCC(=O)N1CC[C@@](C)(c2cccc(O)c2)[C@@H](C)C1. The molecule has 128 valence electrons. The number of carbonyl (C=O) groups excluding carboxylic acids is 1. The molecule has 0 unspecified atom stereocenters. The molecule has 0 saturated carbocycles. The Morgan fingerprint density at radius 1 is 1.43 bits per heavy atom. The van der Waals surface area contributed by atoms with Crippen molar-refractivity contribution in [3.63, 3.8) is 0 Å². The second-order valence-electron chi connectivity index (χ2n) is 7.74. The van der Waals surface area contributed by atoms with E-state index in [1.807, 2.05) is 17.0 Å². The monoisotopic (exact) mass is 317 g/mol. The molecule has 23 heavy (non-hydrogen) atoms. The highest BCUT2D eigenvalue weighted by atomic mass is 16.3. The first-order chi connectivity index (χ1) is 10.8.